The third kappa shape index (κ3) is 7.13. The molecule has 1 aromatic heterocycles. The number of fused-ring (bicyclic) bond motifs is 5. The number of imidazole rings is 1. The summed E-state index contributed by atoms with van der Waals surface area (Å²) >= 11 is 0. The number of esters is 1. The predicted octanol–water partition coefficient (Wildman–Crippen LogP) is 7.16. The van der Waals surface area contributed by atoms with Crippen molar-refractivity contribution in [2.75, 3.05) is 6.61 Å². The molecule has 246 valence electrons. The Morgan fingerprint density at radius 2 is 1.91 bits per heavy atom. The maximum absolute atomic E-state index is 12.8. The Hall–Kier alpha value is -2.15. The van der Waals surface area contributed by atoms with Crippen LogP contribution in [0.1, 0.15) is 124 Å². The van der Waals surface area contributed by atoms with Crippen LogP contribution in [0.2, 0.25) is 0 Å². The van der Waals surface area contributed by atoms with Gasteiger partial charge < -0.3 is 20.1 Å². The molecule has 3 N–H and O–H groups in total. The summed E-state index contributed by atoms with van der Waals surface area (Å²) in [7, 11) is 0. The topological polar surface area (TPSA) is 104 Å². The van der Waals surface area contributed by atoms with Gasteiger partial charge in [0.1, 0.15) is 6.10 Å². The highest BCUT2D eigenvalue weighted by atomic mass is 16.5. The van der Waals surface area contributed by atoms with Crippen molar-refractivity contribution in [1.82, 2.24) is 15.3 Å². The van der Waals surface area contributed by atoms with E-state index in [1.807, 2.05) is 0 Å². The van der Waals surface area contributed by atoms with Crippen LogP contribution in [-0.4, -0.2) is 45.7 Å². The molecular weight excluding hydrogens is 550 g/mol. The largest absolute Gasteiger partial charge is 0.462 e. The average Bonchev–Trinajstić information content (AvgIpc) is 3.63. The molecular formula is C37H59N3O4. The van der Waals surface area contributed by atoms with Crippen LogP contribution in [0, 0.1) is 46.3 Å². The van der Waals surface area contributed by atoms with Gasteiger partial charge in [0.25, 0.3) is 0 Å². The van der Waals surface area contributed by atoms with Gasteiger partial charge in [0, 0.05) is 31.2 Å². The van der Waals surface area contributed by atoms with Gasteiger partial charge in [-0.25, -0.2) is 4.98 Å². The first kappa shape index (κ1) is 33.2. The fourth-order valence-corrected chi connectivity index (χ4v) is 10.3. The third-order valence-corrected chi connectivity index (χ3v) is 12.7. The summed E-state index contributed by atoms with van der Waals surface area (Å²) in [5.74, 6) is 4.36. The molecule has 0 radical (unpaired) electrons. The van der Waals surface area contributed by atoms with E-state index in [2.05, 4.69) is 56.0 Å². The number of nitrogens with zero attached hydrogens (tertiary/aromatic N) is 1. The molecule has 4 aliphatic rings. The molecule has 1 amide bonds. The molecule has 9 atom stereocenters. The fraction of sp³-hybridized carbons (Fsp3) is 0.811. The molecule has 3 fully saturated rings. The highest BCUT2D eigenvalue weighted by Gasteiger charge is 2.59. The number of ether oxygens (including phenoxy) is 1. The number of aromatic amines is 1. The number of allylic oxidation sites excluding steroid dienone is 1. The van der Waals surface area contributed by atoms with Crippen molar-refractivity contribution in [3.8, 4) is 0 Å². The normalized spacial score (nSPS) is 34.3. The Bertz CT molecular complexity index is 1150. The Balaban J connectivity index is 1.11. The molecule has 5 rings (SSSR count). The van der Waals surface area contributed by atoms with Gasteiger partial charge in [0.2, 0.25) is 5.91 Å². The average molecular weight is 610 g/mol. The first-order valence-corrected chi connectivity index (χ1v) is 17.8. The zero-order valence-electron chi connectivity index (χ0n) is 28.1. The van der Waals surface area contributed by atoms with Gasteiger partial charge in [-0.15, -0.1) is 0 Å². The molecule has 4 aliphatic carbocycles. The van der Waals surface area contributed by atoms with Crippen LogP contribution in [0.4, 0.5) is 0 Å². The Kier molecular flexibility index (Phi) is 10.6. The SMILES string of the molecule is CC(C)CCCC(C)C1CCC2C3CC=C4CC(OC(=O)CCC(=O)NC(CO)Cc5cnc[nH]5)CCC4(C)C3CCC12C. The number of H-pyrrole nitrogens is 1. The Morgan fingerprint density at radius 3 is 2.64 bits per heavy atom. The molecule has 1 aromatic rings. The lowest BCUT2D eigenvalue weighted by Crippen LogP contribution is -2.51. The van der Waals surface area contributed by atoms with Crippen molar-refractivity contribution in [3.63, 3.8) is 0 Å². The van der Waals surface area contributed by atoms with Gasteiger partial charge in [-0.05, 0) is 91.3 Å². The third-order valence-electron chi connectivity index (χ3n) is 12.7. The summed E-state index contributed by atoms with van der Waals surface area (Å²) in [6, 6.07) is -0.414. The van der Waals surface area contributed by atoms with E-state index < -0.39 is 6.04 Å². The van der Waals surface area contributed by atoms with E-state index in [4.69, 9.17) is 4.74 Å². The summed E-state index contributed by atoms with van der Waals surface area (Å²) in [5, 5.41) is 12.5. The van der Waals surface area contributed by atoms with Gasteiger partial charge in [0.15, 0.2) is 0 Å². The molecule has 1 heterocycles. The van der Waals surface area contributed by atoms with Gasteiger partial charge in [-0.1, -0.05) is 65.5 Å². The zero-order chi connectivity index (χ0) is 31.5. The number of aliphatic hydroxyl groups is 1. The first-order chi connectivity index (χ1) is 21.0. The van der Waals surface area contributed by atoms with E-state index in [1.165, 1.54) is 56.9 Å². The smallest absolute Gasteiger partial charge is 0.306 e. The lowest BCUT2D eigenvalue weighted by Gasteiger charge is -2.58. The first-order valence-electron chi connectivity index (χ1n) is 17.8. The second kappa shape index (κ2) is 14.1. The lowest BCUT2D eigenvalue weighted by atomic mass is 9.47. The minimum absolute atomic E-state index is 0.0584. The minimum atomic E-state index is -0.414. The second-order valence-electron chi connectivity index (χ2n) is 15.9. The van der Waals surface area contributed by atoms with E-state index in [1.54, 1.807) is 12.5 Å². The molecule has 0 bridgehead atoms. The van der Waals surface area contributed by atoms with Crippen LogP contribution < -0.4 is 5.32 Å². The molecule has 0 saturated heterocycles. The van der Waals surface area contributed by atoms with Crippen LogP contribution in [0.5, 0.6) is 0 Å². The summed E-state index contributed by atoms with van der Waals surface area (Å²) in [6.45, 7) is 12.3. The summed E-state index contributed by atoms with van der Waals surface area (Å²) in [4.78, 5) is 32.2. The van der Waals surface area contributed by atoms with Crippen LogP contribution in [0.15, 0.2) is 24.2 Å². The maximum Gasteiger partial charge on any atom is 0.306 e. The Morgan fingerprint density at radius 1 is 1.09 bits per heavy atom. The quantitative estimate of drug-likeness (QED) is 0.163. The maximum atomic E-state index is 12.8. The number of hydrogen-bond acceptors (Lipinski definition) is 5. The number of carbonyl (C=O) groups is 2. The monoisotopic (exact) mass is 609 g/mol. The van der Waals surface area contributed by atoms with Gasteiger partial charge in [0.05, 0.1) is 25.4 Å². The van der Waals surface area contributed by atoms with Crippen LogP contribution in [-0.2, 0) is 20.7 Å². The van der Waals surface area contributed by atoms with Crippen LogP contribution in [0.3, 0.4) is 0 Å². The van der Waals surface area contributed by atoms with Crippen LogP contribution in [0.25, 0.3) is 0 Å². The van der Waals surface area contributed by atoms with E-state index in [-0.39, 0.29) is 42.8 Å². The van der Waals surface area contributed by atoms with Crippen molar-refractivity contribution in [3.05, 3.63) is 29.9 Å². The lowest BCUT2D eigenvalue weighted by molar-refractivity contribution is -0.152. The second-order valence-corrected chi connectivity index (χ2v) is 15.9. The van der Waals surface area contributed by atoms with E-state index >= 15 is 0 Å². The van der Waals surface area contributed by atoms with E-state index in [0.717, 1.165) is 60.5 Å². The highest BCUT2D eigenvalue weighted by molar-refractivity contribution is 5.81. The minimum Gasteiger partial charge on any atom is -0.462 e. The number of hydrogen-bond donors (Lipinski definition) is 3. The molecule has 7 nitrogen and oxygen atoms in total. The summed E-state index contributed by atoms with van der Waals surface area (Å²) in [5.41, 5.74) is 3.08. The highest BCUT2D eigenvalue weighted by Crippen LogP contribution is 2.67. The molecule has 44 heavy (non-hydrogen) atoms. The molecule has 0 spiro atoms. The summed E-state index contributed by atoms with van der Waals surface area (Å²) < 4.78 is 5.94. The van der Waals surface area contributed by atoms with Crippen molar-refractivity contribution in [1.29, 1.82) is 0 Å². The molecule has 0 aromatic carbocycles. The standard InChI is InChI=1S/C37H59N3O4/c1-24(2)7-6-8-25(3)31-11-12-32-30-10-9-26-19-29(15-17-36(26,4)33(30)16-18-37(31,32)5)44-35(43)14-13-34(42)40-28(22-41)20-27-21-38-23-39-27/h9,21,23-25,28-33,41H,6-8,10-20,22H2,1-5H3,(H,38,39)(H,40,42). The fourth-order valence-electron chi connectivity index (χ4n) is 10.3. The number of aromatic nitrogens is 2. The Labute approximate surface area is 265 Å². The summed E-state index contributed by atoms with van der Waals surface area (Å²) in [6.07, 6.45) is 20.0. The van der Waals surface area contributed by atoms with Crippen molar-refractivity contribution in [2.24, 2.45) is 46.3 Å². The zero-order valence-corrected chi connectivity index (χ0v) is 28.1. The molecule has 0 aliphatic heterocycles. The number of nitrogens with one attached hydrogen (secondary N) is 2. The van der Waals surface area contributed by atoms with Gasteiger partial charge in [-0.2, -0.15) is 0 Å². The number of amides is 1. The predicted molar refractivity (Wildman–Crippen MR) is 173 cm³/mol. The molecule has 3 saturated carbocycles. The van der Waals surface area contributed by atoms with Crippen molar-refractivity contribution < 1.29 is 19.4 Å². The number of carbonyl (C=O) groups excluding carboxylic acids is 2. The van der Waals surface area contributed by atoms with Crippen molar-refractivity contribution >= 4 is 11.9 Å². The van der Waals surface area contributed by atoms with E-state index in [9.17, 15) is 14.7 Å². The number of rotatable bonds is 13. The number of aliphatic hydroxyl groups excluding tert-OH is 1. The van der Waals surface area contributed by atoms with Gasteiger partial charge in [-0.3, -0.25) is 9.59 Å². The van der Waals surface area contributed by atoms with E-state index in [0.29, 0.717) is 11.8 Å². The molecule has 9 unspecified atom stereocenters. The molecule has 7 heteroatoms. The van der Waals surface area contributed by atoms with Gasteiger partial charge >= 0.3 is 5.97 Å². The van der Waals surface area contributed by atoms with Crippen molar-refractivity contribution in [2.45, 2.75) is 137 Å². The van der Waals surface area contributed by atoms with Crippen LogP contribution >= 0.6 is 0 Å².